The van der Waals surface area contributed by atoms with Crippen LogP contribution in [0, 0.1) is 0 Å². The Labute approximate surface area is 156 Å². The monoisotopic (exact) mass is 358 g/mol. The summed E-state index contributed by atoms with van der Waals surface area (Å²) in [4.78, 5) is 23.7. The van der Waals surface area contributed by atoms with E-state index < -0.39 is 0 Å². The van der Waals surface area contributed by atoms with Crippen molar-refractivity contribution < 1.29 is 4.79 Å². The van der Waals surface area contributed by atoms with Gasteiger partial charge in [-0.15, -0.1) is 0 Å². The van der Waals surface area contributed by atoms with E-state index in [1.54, 1.807) is 12.3 Å². The second-order valence-corrected chi connectivity index (χ2v) is 6.24. The van der Waals surface area contributed by atoms with Crippen molar-refractivity contribution in [1.29, 1.82) is 0 Å². The average molecular weight is 358 g/mol. The molecular formula is C20H18N6O. The van der Waals surface area contributed by atoms with Crippen LogP contribution in [0.1, 0.15) is 18.1 Å². The number of nitrogens with one attached hydrogen (secondary N) is 2. The van der Waals surface area contributed by atoms with Gasteiger partial charge in [-0.2, -0.15) is 4.98 Å². The van der Waals surface area contributed by atoms with Crippen molar-refractivity contribution in [2.75, 3.05) is 16.4 Å². The lowest BCUT2D eigenvalue weighted by Gasteiger charge is -2.13. The summed E-state index contributed by atoms with van der Waals surface area (Å²) < 4.78 is 0. The zero-order valence-electron chi connectivity index (χ0n) is 14.7. The lowest BCUT2D eigenvalue weighted by Crippen LogP contribution is -2.05. The summed E-state index contributed by atoms with van der Waals surface area (Å²) in [5, 5.41) is 6.06. The number of hydrogen-bond acceptors (Lipinski definition) is 6. The molecular weight excluding hydrogens is 340 g/mol. The summed E-state index contributed by atoms with van der Waals surface area (Å²) in [5.41, 5.74) is 11.7. The second-order valence-electron chi connectivity index (χ2n) is 6.24. The SMILES string of the molecule is CC(=O)Nc1ccc(-c2cc(Nc3ccnc(N)n3)cc3c2CN=C3)cc1. The number of nitrogens with two attached hydrogens (primary N) is 1. The Hall–Kier alpha value is -3.74. The maximum absolute atomic E-state index is 11.2. The Balaban J connectivity index is 1.70. The highest BCUT2D eigenvalue weighted by Gasteiger charge is 2.15. The molecule has 0 bridgehead atoms. The number of carbonyl (C=O) groups excluding carboxylic acids is 1. The molecule has 0 atom stereocenters. The molecule has 27 heavy (non-hydrogen) atoms. The fraction of sp³-hybridized carbons (Fsp3) is 0.100. The lowest BCUT2D eigenvalue weighted by molar-refractivity contribution is -0.114. The van der Waals surface area contributed by atoms with E-state index in [1.807, 2.05) is 36.5 Å². The molecule has 0 unspecified atom stereocenters. The second kappa shape index (κ2) is 6.87. The number of nitrogen functional groups attached to an aromatic ring is 1. The van der Waals surface area contributed by atoms with Gasteiger partial charge in [-0.1, -0.05) is 12.1 Å². The van der Waals surface area contributed by atoms with E-state index in [4.69, 9.17) is 5.73 Å². The van der Waals surface area contributed by atoms with Gasteiger partial charge in [0.1, 0.15) is 5.82 Å². The summed E-state index contributed by atoms with van der Waals surface area (Å²) in [6.07, 6.45) is 3.49. The van der Waals surface area contributed by atoms with Gasteiger partial charge in [-0.05, 0) is 47.0 Å². The Morgan fingerprint density at radius 3 is 2.67 bits per heavy atom. The topological polar surface area (TPSA) is 105 Å². The number of nitrogens with zero attached hydrogens (tertiary/aromatic N) is 3. The van der Waals surface area contributed by atoms with Crippen molar-refractivity contribution in [2.45, 2.75) is 13.5 Å². The first kappa shape index (κ1) is 16.7. The molecule has 0 saturated heterocycles. The van der Waals surface area contributed by atoms with Crippen LogP contribution in [0.2, 0.25) is 0 Å². The molecule has 0 saturated carbocycles. The van der Waals surface area contributed by atoms with E-state index in [0.717, 1.165) is 28.1 Å². The molecule has 0 aliphatic carbocycles. The van der Waals surface area contributed by atoms with Crippen LogP contribution in [0.15, 0.2) is 53.7 Å². The van der Waals surface area contributed by atoms with Gasteiger partial charge in [0.05, 0.1) is 6.54 Å². The van der Waals surface area contributed by atoms with Crippen molar-refractivity contribution in [3.63, 3.8) is 0 Å². The van der Waals surface area contributed by atoms with Gasteiger partial charge in [0.25, 0.3) is 0 Å². The van der Waals surface area contributed by atoms with Crippen molar-refractivity contribution in [1.82, 2.24) is 9.97 Å². The number of aromatic nitrogens is 2. The van der Waals surface area contributed by atoms with Crippen LogP contribution in [-0.4, -0.2) is 22.1 Å². The molecule has 2 aromatic carbocycles. The summed E-state index contributed by atoms with van der Waals surface area (Å²) in [5.74, 6) is 0.758. The number of carbonyl (C=O) groups is 1. The lowest BCUT2D eigenvalue weighted by atomic mass is 9.95. The third kappa shape index (κ3) is 3.62. The molecule has 1 aromatic heterocycles. The fourth-order valence-corrected chi connectivity index (χ4v) is 3.08. The van der Waals surface area contributed by atoms with Gasteiger partial charge >= 0.3 is 0 Å². The number of amides is 1. The molecule has 1 aliphatic heterocycles. The maximum Gasteiger partial charge on any atom is 0.221 e. The Kier molecular flexibility index (Phi) is 4.25. The number of benzene rings is 2. The zero-order valence-corrected chi connectivity index (χ0v) is 14.7. The molecule has 0 fully saturated rings. The van der Waals surface area contributed by atoms with Gasteiger partial charge in [-0.3, -0.25) is 9.79 Å². The van der Waals surface area contributed by atoms with Crippen molar-refractivity contribution >= 4 is 35.3 Å². The van der Waals surface area contributed by atoms with Crippen LogP contribution in [0.3, 0.4) is 0 Å². The molecule has 2 heterocycles. The molecule has 4 N–H and O–H groups in total. The highest BCUT2D eigenvalue weighted by molar-refractivity contribution is 5.92. The van der Waals surface area contributed by atoms with Gasteiger partial charge in [-0.25, -0.2) is 4.98 Å². The van der Waals surface area contributed by atoms with Gasteiger partial charge in [0.15, 0.2) is 0 Å². The maximum atomic E-state index is 11.2. The van der Waals surface area contributed by atoms with E-state index >= 15 is 0 Å². The van der Waals surface area contributed by atoms with Crippen LogP contribution >= 0.6 is 0 Å². The number of rotatable bonds is 4. The largest absolute Gasteiger partial charge is 0.368 e. The number of hydrogen-bond donors (Lipinski definition) is 3. The molecule has 3 aromatic rings. The van der Waals surface area contributed by atoms with Crippen molar-refractivity contribution in [2.24, 2.45) is 4.99 Å². The molecule has 1 amide bonds. The average Bonchev–Trinajstić information content (AvgIpc) is 3.10. The molecule has 0 radical (unpaired) electrons. The quantitative estimate of drug-likeness (QED) is 0.663. The third-order valence-corrected chi connectivity index (χ3v) is 4.23. The number of fused-ring (bicyclic) bond motifs is 1. The van der Waals surface area contributed by atoms with Gasteiger partial charge < -0.3 is 16.4 Å². The normalized spacial score (nSPS) is 11.9. The van der Waals surface area contributed by atoms with Crippen LogP contribution < -0.4 is 16.4 Å². The third-order valence-electron chi connectivity index (χ3n) is 4.23. The van der Waals surface area contributed by atoms with Crippen LogP contribution in [0.4, 0.5) is 23.1 Å². The fourth-order valence-electron chi connectivity index (χ4n) is 3.08. The first-order valence-corrected chi connectivity index (χ1v) is 8.49. The highest BCUT2D eigenvalue weighted by Crippen LogP contribution is 2.33. The number of anilines is 4. The molecule has 0 spiro atoms. The standard InChI is InChI=1S/C20H18N6O/c1-12(27)24-15-4-2-13(3-5-15)17-9-16(8-14-10-22-11-18(14)17)25-19-6-7-23-20(21)26-19/h2-10H,11H2,1H3,(H,24,27)(H3,21,23,25,26). The van der Waals surface area contributed by atoms with Crippen LogP contribution in [-0.2, 0) is 11.3 Å². The van der Waals surface area contributed by atoms with E-state index in [-0.39, 0.29) is 11.9 Å². The van der Waals surface area contributed by atoms with E-state index in [2.05, 4.69) is 31.7 Å². The summed E-state index contributed by atoms with van der Waals surface area (Å²) in [6, 6.07) is 13.6. The van der Waals surface area contributed by atoms with Gasteiger partial charge in [0.2, 0.25) is 11.9 Å². The first-order valence-electron chi connectivity index (χ1n) is 8.49. The predicted molar refractivity (Wildman–Crippen MR) is 107 cm³/mol. The minimum atomic E-state index is -0.0904. The minimum Gasteiger partial charge on any atom is -0.368 e. The molecule has 7 heteroatoms. The summed E-state index contributed by atoms with van der Waals surface area (Å²) in [6.45, 7) is 2.14. The number of aliphatic imine (C=N–C) groups is 1. The van der Waals surface area contributed by atoms with E-state index in [9.17, 15) is 4.79 Å². The van der Waals surface area contributed by atoms with Gasteiger partial charge in [0, 0.05) is 36.3 Å². The smallest absolute Gasteiger partial charge is 0.221 e. The van der Waals surface area contributed by atoms with Crippen molar-refractivity contribution in [3.05, 3.63) is 59.8 Å². The first-order chi connectivity index (χ1) is 13.1. The van der Waals surface area contributed by atoms with E-state index in [1.165, 1.54) is 12.5 Å². The Bertz CT molecular complexity index is 1040. The summed E-state index contributed by atoms with van der Waals surface area (Å²) >= 11 is 0. The predicted octanol–water partition coefficient (Wildman–Crippen LogP) is 3.36. The zero-order chi connectivity index (χ0) is 18.8. The van der Waals surface area contributed by atoms with E-state index in [0.29, 0.717) is 12.4 Å². The van der Waals surface area contributed by atoms with Crippen LogP contribution in [0.25, 0.3) is 11.1 Å². The molecule has 7 nitrogen and oxygen atoms in total. The summed E-state index contributed by atoms with van der Waals surface area (Å²) in [7, 11) is 0. The van der Waals surface area contributed by atoms with Crippen molar-refractivity contribution in [3.8, 4) is 11.1 Å². The highest BCUT2D eigenvalue weighted by atomic mass is 16.1. The molecule has 134 valence electrons. The molecule has 1 aliphatic rings. The Morgan fingerprint density at radius 1 is 1.11 bits per heavy atom. The minimum absolute atomic E-state index is 0.0904. The molecule has 4 rings (SSSR count). The van der Waals surface area contributed by atoms with Crippen LogP contribution in [0.5, 0.6) is 0 Å². The Morgan fingerprint density at radius 2 is 1.93 bits per heavy atom.